The summed E-state index contributed by atoms with van der Waals surface area (Å²) in [5.41, 5.74) is 0.813. The van der Waals surface area contributed by atoms with E-state index in [1.54, 1.807) is 60.5 Å². The smallest absolute Gasteiger partial charge is 0.531 e. The van der Waals surface area contributed by atoms with Crippen LogP contribution in [0, 0.1) is 12.7 Å². The van der Waals surface area contributed by atoms with Gasteiger partial charge in [-0.2, -0.15) is 0 Å². The minimum Gasteiger partial charge on any atom is -0.531 e. The number of hydrogen-bond acceptors (Lipinski definition) is 8. The second-order valence-electron chi connectivity index (χ2n) is 6.62. The Balaban J connectivity index is 0.00000256. The third kappa shape index (κ3) is 3.82. The summed E-state index contributed by atoms with van der Waals surface area (Å²) in [6.45, 7) is 4.00. The first-order valence-electron chi connectivity index (χ1n) is 8.69. The molecular weight excluding hydrogens is 567 g/mol. The van der Waals surface area contributed by atoms with Crippen molar-refractivity contribution in [3.8, 4) is 23.4 Å². The molecule has 0 N–H and O–H groups in total. The van der Waals surface area contributed by atoms with E-state index in [-0.39, 0.29) is 21.1 Å². The maximum absolute atomic E-state index is 5.28. The first-order valence-corrected chi connectivity index (χ1v) is 8.69. The van der Waals surface area contributed by atoms with Gasteiger partial charge in [0.25, 0.3) is 0 Å². The molecule has 0 aliphatic heterocycles. The molecule has 0 radical (unpaired) electrons. The Bertz CT molecular complexity index is 1050. The fourth-order valence-electron chi connectivity index (χ4n) is 2.77. The van der Waals surface area contributed by atoms with Gasteiger partial charge in [-0.25, -0.2) is 0 Å². The number of nitrogens with zero attached hydrogens (tertiary/aromatic N) is 8. The molecule has 11 heteroatoms. The van der Waals surface area contributed by atoms with E-state index >= 15 is 0 Å². The van der Waals surface area contributed by atoms with Crippen LogP contribution in [0.15, 0.2) is 37.2 Å². The van der Waals surface area contributed by atoms with Gasteiger partial charge in [-0.1, -0.05) is 0 Å². The number of hydrogen-bond donors (Lipinski definition) is 0. The van der Waals surface area contributed by atoms with Gasteiger partial charge < -0.3 is 28.6 Å². The van der Waals surface area contributed by atoms with Crippen LogP contribution >= 0.6 is 0 Å². The number of aromatic nitrogens is 8. The first-order chi connectivity index (χ1) is 14.0. The zero-order valence-electron chi connectivity index (χ0n) is 16.7. The van der Waals surface area contributed by atoms with Crippen molar-refractivity contribution in [1.82, 2.24) is 39.0 Å². The van der Waals surface area contributed by atoms with Crippen LogP contribution in [0.4, 0.5) is 0 Å². The molecule has 4 rings (SSSR count). The molecule has 0 aliphatic carbocycles. The molecule has 0 unspecified atom stereocenters. The van der Waals surface area contributed by atoms with Gasteiger partial charge in [0.1, 0.15) is 0 Å². The molecule has 0 atom stereocenters. The van der Waals surface area contributed by atoms with Gasteiger partial charge in [-0.15, -0.1) is 0 Å². The summed E-state index contributed by atoms with van der Waals surface area (Å²) in [4.78, 5) is 26.1. The minimum absolute atomic E-state index is 0. The molecule has 10 nitrogen and oxygen atoms in total. The number of ether oxygens (including phenoxy) is 2. The average Bonchev–Trinajstić information content (AvgIpc) is 3.43. The van der Waals surface area contributed by atoms with Crippen LogP contribution in [0.1, 0.15) is 25.2 Å². The predicted octanol–water partition coefficient (Wildman–Crippen LogP) is 1.58. The summed E-state index contributed by atoms with van der Waals surface area (Å²) >= 11 is 0. The van der Waals surface area contributed by atoms with Gasteiger partial charge in [0, 0.05) is 37.4 Å². The van der Waals surface area contributed by atoms with Crippen molar-refractivity contribution < 1.29 is 30.5 Å². The maximum atomic E-state index is 5.28. The van der Waals surface area contributed by atoms with Crippen molar-refractivity contribution in [2.24, 2.45) is 0 Å². The standard InChI is InChI=1S/C19H18N8O2.Pt/c1-19(2,13-5-20-7-15(24-13)26-11-22-9-17(26)28-3)14-6-21-8-16(25-14)27-12-23-10-18(27)29-4;/h5-10H,1-4H3;/q-2;+2. The molecule has 0 saturated carbocycles. The summed E-state index contributed by atoms with van der Waals surface area (Å²) in [5.74, 6) is 2.11. The molecule has 30 heavy (non-hydrogen) atoms. The Morgan fingerprint density at radius 2 is 1.17 bits per heavy atom. The molecule has 0 saturated heterocycles. The Morgan fingerprint density at radius 3 is 1.57 bits per heavy atom. The minimum atomic E-state index is -0.590. The van der Waals surface area contributed by atoms with Crippen molar-refractivity contribution in [3.05, 3.63) is 61.2 Å². The Hall–Kier alpha value is -3.13. The van der Waals surface area contributed by atoms with Gasteiger partial charge in [0.05, 0.1) is 54.4 Å². The van der Waals surface area contributed by atoms with E-state index in [1.807, 2.05) is 13.8 Å². The summed E-state index contributed by atoms with van der Waals surface area (Å²) in [6, 6.07) is 0. The van der Waals surface area contributed by atoms with Crippen molar-refractivity contribution in [2.75, 3.05) is 14.2 Å². The zero-order valence-corrected chi connectivity index (χ0v) is 18.9. The Morgan fingerprint density at radius 1 is 0.733 bits per heavy atom. The van der Waals surface area contributed by atoms with Gasteiger partial charge >= 0.3 is 21.1 Å². The van der Waals surface area contributed by atoms with Crippen LogP contribution in [0.3, 0.4) is 0 Å². The van der Waals surface area contributed by atoms with Crippen LogP contribution in [0.5, 0.6) is 11.8 Å². The van der Waals surface area contributed by atoms with Crippen molar-refractivity contribution in [2.45, 2.75) is 19.3 Å². The van der Waals surface area contributed by atoms with Crippen molar-refractivity contribution >= 4 is 0 Å². The molecular formula is C19H18N8O2Pt. The van der Waals surface area contributed by atoms with Crippen molar-refractivity contribution in [1.29, 1.82) is 0 Å². The summed E-state index contributed by atoms with van der Waals surface area (Å²) in [5, 5.41) is 0. The molecule has 0 aliphatic rings. The van der Waals surface area contributed by atoms with Gasteiger partial charge in [0.15, 0.2) is 0 Å². The SMILES string of the molecule is COc1cn[c-]n1-c1cncc(C(C)(C)c2cncc(-n3[c-]ncc3OC)n2)n1.[Pt+2]. The Kier molecular flexibility index (Phi) is 6.26. The van der Waals surface area contributed by atoms with Gasteiger partial charge in [0.2, 0.25) is 0 Å². The molecule has 0 amide bonds. The fraction of sp³-hybridized carbons (Fsp3) is 0.263. The summed E-state index contributed by atoms with van der Waals surface area (Å²) < 4.78 is 13.8. The largest absolute Gasteiger partial charge is 2.00 e. The number of methoxy groups -OCH3 is 2. The molecule has 4 aromatic heterocycles. The third-order valence-corrected chi connectivity index (χ3v) is 4.51. The van der Waals surface area contributed by atoms with E-state index in [4.69, 9.17) is 19.4 Å². The van der Waals surface area contributed by atoms with Crippen LogP contribution in [0.2, 0.25) is 0 Å². The van der Waals surface area contributed by atoms with E-state index in [0.29, 0.717) is 34.8 Å². The average molecular weight is 585 g/mol. The molecule has 4 aromatic rings. The van der Waals surface area contributed by atoms with Gasteiger partial charge in [-0.3, -0.25) is 19.9 Å². The molecule has 4 heterocycles. The van der Waals surface area contributed by atoms with E-state index in [1.165, 1.54) is 0 Å². The molecule has 0 spiro atoms. The topological polar surface area (TPSA) is 106 Å². The summed E-state index contributed by atoms with van der Waals surface area (Å²) in [7, 11) is 3.12. The molecule has 0 aromatic carbocycles. The predicted molar refractivity (Wildman–Crippen MR) is 101 cm³/mol. The number of imidazole rings is 2. The zero-order chi connectivity index (χ0) is 20.4. The van der Waals surface area contributed by atoms with Crippen LogP contribution in [0.25, 0.3) is 11.6 Å². The molecule has 156 valence electrons. The van der Waals surface area contributed by atoms with Crippen LogP contribution < -0.4 is 9.47 Å². The second kappa shape index (κ2) is 8.71. The maximum Gasteiger partial charge on any atom is 2.00 e. The van der Waals surface area contributed by atoms with Gasteiger partial charge in [-0.05, 0) is 26.2 Å². The Labute approximate surface area is 187 Å². The van der Waals surface area contributed by atoms with E-state index < -0.39 is 5.41 Å². The van der Waals surface area contributed by atoms with E-state index in [9.17, 15) is 0 Å². The van der Waals surface area contributed by atoms with Crippen LogP contribution in [-0.2, 0) is 26.5 Å². The normalized spacial score (nSPS) is 11.1. The third-order valence-electron chi connectivity index (χ3n) is 4.51. The quantitative estimate of drug-likeness (QED) is 0.314. The van der Waals surface area contributed by atoms with Crippen LogP contribution in [-0.4, -0.2) is 53.3 Å². The first kappa shape index (κ1) is 21.6. The summed E-state index contributed by atoms with van der Waals surface area (Å²) in [6.07, 6.45) is 15.4. The molecule has 0 bridgehead atoms. The fourth-order valence-corrected chi connectivity index (χ4v) is 2.77. The van der Waals surface area contributed by atoms with Crippen molar-refractivity contribution in [3.63, 3.8) is 0 Å². The number of rotatable bonds is 6. The van der Waals surface area contributed by atoms with E-state index in [2.05, 4.69) is 32.6 Å². The molecule has 0 fully saturated rings. The second-order valence-corrected chi connectivity index (χ2v) is 6.62. The monoisotopic (exact) mass is 585 g/mol. The van der Waals surface area contributed by atoms with E-state index in [0.717, 1.165) is 0 Å².